The van der Waals surface area contributed by atoms with E-state index in [1.807, 2.05) is 24.3 Å². The lowest BCUT2D eigenvalue weighted by Crippen LogP contribution is -2.08. The van der Waals surface area contributed by atoms with Crippen molar-refractivity contribution in [1.29, 1.82) is 0 Å². The first-order valence-corrected chi connectivity index (χ1v) is 3.95. The van der Waals surface area contributed by atoms with Gasteiger partial charge in [0.2, 0.25) is 0 Å². The van der Waals surface area contributed by atoms with E-state index in [2.05, 4.69) is 0 Å². The average molecular weight is 177 g/mol. The van der Waals surface area contributed by atoms with Crippen LogP contribution >= 0.6 is 12.2 Å². The van der Waals surface area contributed by atoms with Crippen molar-refractivity contribution < 1.29 is 4.42 Å². The second-order valence-corrected chi connectivity index (χ2v) is 2.98. The van der Waals surface area contributed by atoms with Crippen molar-refractivity contribution in [2.45, 2.75) is 0 Å². The molecule has 3 heteroatoms. The van der Waals surface area contributed by atoms with Gasteiger partial charge in [-0.3, -0.25) is 0 Å². The predicted molar refractivity (Wildman–Crippen MR) is 52.1 cm³/mol. The summed E-state index contributed by atoms with van der Waals surface area (Å²) in [5, 5.41) is 1.03. The summed E-state index contributed by atoms with van der Waals surface area (Å²) in [6, 6.07) is 7.52. The lowest BCUT2D eigenvalue weighted by molar-refractivity contribution is 0.616. The summed E-state index contributed by atoms with van der Waals surface area (Å²) in [5.74, 6) is 0. The van der Waals surface area contributed by atoms with Gasteiger partial charge in [0.25, 0.3) is 0 Å². The van der Waals surface area contributed by atoms with Crippen LogP contribution < -0.4 is 5.73 Å². The summed E-state index contributed by atoms with van der Waals surface area (Å²) in [4.78, 5) is 0.415. The van der Waals surface area contributed by atoms with E-state index < -0.39 is 0 Å². The van der Waals surface area contributed by atoms with Gasteiger partial charge in [0.05, 0.1) is 6.26 Å². The maximum absolute atomic E-state index is 5.47. The van der Waals surface area contributed by atoms with Crippen molar-refractivity contribution >= 4 is 28.2 Å². The Morgan fingerprint density at radius 3 is 2.92 bits per heavy atom. The highest BCUT2D eigenvalue weighted by Gasteiger charge is 1.99. The smallest absolute Gasteiger partial charge is 0.133 e. The molecule has 0 saturated carbocycles. The Bertz CT molecular complexity index is 433. The van der Waals surface area contributed by atoms with Crippen LogP contribution in [0.1, 0.15) is 5.56 Å². The monoisotopic (exact) mass is 177 g/mol. The molecule has 0 unspecified atom stereocenters. The van der Waals surface area contributed by atoms with E-state index in [1.54, 1.807) is 6.26 Å². The maximum atomic E-state index is 5.47. The van der Waals surface area contributed by atoms with Crippen molar-refractivity contribution in [3.63, 3.8) is 0 Å². The standard InChI is InChI=1S/C9H7NOS/c10-9(12)7-1-2-8-6(5-7)3-4-11-8/h1-5H,(H2,10,12). The van der Waals surface area contributed by atoms with Gasteiger partial charge in [0.15, 0.2) is 0 Å². The summed E-state index contributed by atoms with van der Waals surface area (Å²) in [5.41, 5.74) is 7.20. The molecule has 60 valence electrons. The van der Waals surface area contributed by atoms with Gasteiger partial charge >= 0.3 is 0 Å². The fourth-order valence-electron chi connectivity index (χ4n) is 1.12. The summed E-state index contributed by atoms with van der Waals surface area (Å²) in [7, 11) is 0. The highest BCUT2D eigenvalue weighted by Crippen LogP contribution is 2.16. The molecule has 2 rings (SSSR count). The molecule has 0 aliphatic rings. The quantitative estimate of drug-likeness (QED) is 0.678. The molecule has 0 aliphatic heterocycles. The van der Waals surface area contributed by atoms with E-state index in [1.165, 1.54) is 0 Å². The minimum Gasteiger partial charge on any atom is -0.464 e. The van der Waals surface area contributed by atoms with Crippen LogP contribution in [0.25, 0.3) is 11.0 Å². The van der Waals surface area contributed by atoms with Crippen molar-refractivity contribution in [1.82, 2.24) is 0 Å². The molecule has 2 N–H and O–H groups in total. The Labute approximate surface area is 75.0 Å². The highest BCUT2D eigenvalue weighted by molar-refractivity contribution is 7.80. The van der Waals surface area contributed by atoms with Crippen LogP contribution in [0.3, 0.4) is 0 Å². The van der Waals surface area contributed by atoms with E-state index >= 15 is 0 Å². The Hall–Kier alpha value is -1.35. The molecule has 1 aromatic carbocycles. The van der Waals surface area contributed by atoms with E-state index in [9.17, 15) is 0 Å². The number of thiocarbonyl (C=S) groups is 1. The predicted octanol–water partition coefficient (Wildman–Crippen LogP) is 2.07. The molecule has 2 aromatic rings. The summed E-state index contributed by atoms with van der Waals surface area (Å²) < 4.78 is 5.17. The first-order valence-electron chi connectivity index (χ1n) is 3.54. The Balaban J connectivity index is 2.68. The molecule has 0 spiro atoms. The topological polar surface area (TPSA) is 39.2 Å². The number of hydrogen-bond donors (Lipinski definition) is 1. The van der Waals surface area contributed by atoms with Gasteiger partial charge in [-0.15, -0.1) is 0 Å². The molecule has 0 aliphatic carbocycles. The molecule has 0 saturated heterocycles. The SMILES string of the molecule is NC(=S)c1ccc2occc2c1. The molecular weight excluding hydrogens is 170 g/mol. The first kappa shape index (κ1) is 7.31. The molecule has 2 nitrogen and oxygen atoms in total. The van der Waals surface area contributed by atoms with Gasteiger partial charge < -0.3 is 10.2 Å². The number of benzene rings is 1. The van der Waals surface area contributed by atoms with Gasteiger partial charge in [-0.1, -0.05) is 12.2 Å². The molecule has 0 bridgehead atoms. The van der Waals surface area contributed by atoms with Gasteiger partial charge in [-0.25, -0.2) is 0 Å². The van der Waals surface area contributed by atoms with E-state index in [0.29, 0.717) is 4.99 Å². The number of nitrogens with two attached hydrogens (primary N) is 1. The van der Waals surface area contributed by atoms with Crippen LogP contribution in [-0.2, 0) is 0 Å². The largest absolute Gasteiger partial charge is 0.464 e. The number of fused-ring (bicyclic) bond motifs is 1. The third kappa shape index (κ3) is 1.08. The van der Waals surface area contributed by atoms with Crippen molar-refractivity contribution in [2.75, 3.05) is 0 Å². The lowest BCUT2D eigenvalue weighted by Gasteiger charge is -1.95. The van der Waals surface area contributed by atoms with Gasteiger partial charge in [0.1, 0.15) is 10.6 Å². The van der Waals surface area contributed by atoms with Crippen LogP contribution in [-0.4, -0.2) is 4.99 Å². The maximum Gasteiger partial charge on any atom is 0.133 e. The van der Waals surface area contributed by atoms with E-state index in [4.69, 9.17) is 22.4 Å². The van der Waals surface area contributed by atoms with Crippen molar-refractivity contribution in [3.05, 3.63) is 36.1 Å². The van der Waals surface area contributed by atoms with Crippen LogP contribution in [0.5, 0.6) is 0 Å². The number of rotatable bonds is 1. The van der Waals surface area contributed by atoms with E-state index in [-0.39, 0.29) is 0 Å². The minimum absolute atomic E-state index is 0.415. The summed E-state index contributed by atoms with van der Waals surface area (Å²) >= 11 is 4.85. The third-order valence-electron chi connectivity index (χ3n) is 1.74. The van der Waals surface area contributed by atoms with Crippen LogP contribution in [0.15, 0.2) is 34.9 Å². The summed E-state index contributed by atoms with van der Waals surface area (Å²) in [6.45, 7) is 0. The molecule has 1 heterocycles. The van der Waals surface area contributed by atoms with Gasteiger partial charge in [-0.2, -0.15) is 0 Å². The fourth-order valence-corrected chi connectivity index (χ4v) is 1.25. The second kappa shape index (κ2) is 2.60. The third-order valence-corrected chi connectivity index (χ3v) is 1.97. The van der Waals surface area contributed by atoms with Crippen LogP contribution in [0, 0.1) is 0 Å². The lowest BCUT2D eigenvalue weighted by atomic mass is 10.2. The van der Waals surface area contributed by atoms with E-state index in [0.717, 1.165) is 16.5 Å². The molecule has 0 fully saturated rings. The van der Waals surface area contributed by atoms with Crippen molar-refractivity contribution in [3.8, 4) is 0 Å². The Morgan fingerprint density at radius 1 is 1.33 bits per heavy atom. The molecule has 0 amide bonds. The Kier molecular flexibility index (Phi) is 1.59. The molecule has 1 aromatic heterocycles. The highest BCUT2D eigenvalue weighted by atomic mass is 32.1. The zero-order chi connectivity index (χ0) is 8.55. The van der Waals surface area contributed by atoms with Gasteiger partial charge in [0, 0.05) is 10.9 Å². The zero-order valence-electron chi connectivity index (χ0n) is 6.28. The number of hydrogen-bond acceptors (Lipinski definition) is 2. The fraction of sp³-hybridized carbons (Fsp3) is 0. The second-order valence-electron chi connectivity index (χ2n) is 2.54. The molecule has 0 radical (unpaired) electrons. The van der Waals surface area contributed by atoms with Crippen LogP contribution in [0.4, 0.5) is 0 Å². The van der Waals surface area contributed by atoms with Crippen LogP contribution in [0.2, 0.25) is 0 Å². The Morgan fingerprint density at radius 2 is 2.17 bits per heavy atom. The minimum atomic E-state index is 0.415. The first-order chi connectivity index (χ1) is 5.77. The normalized spacial score (nSPS) is 10.3. The zero-order valence-corrected chi connectivity index (χ0v) is 7.10. The average Bonchev–Trinajstić information content (AvgIpc) is 2.49. The molecule has 0 atom stereocenters. The van der Waals surface area contributed by atoms with Gasteiger partial charge in [-0.05, 0) is 24.3 Å². The summed E-state index contributed by atoms with van der Waals surface area (Å²) in [6.07, 6.45) is 1.65. The molecular formula is C9H7NOS. The van der Waals surface area contributed by atoms with Crippen molar-refractivity contribution in [2.24, 2.45) is 5.73 Å². The molecule has 12 heavy (non-hydrogen) atoms. The number of furan rings is 1.